The molecule has 1 amide bonds. The minimum Gasteiger partial charge on any atom is -0.493 e. The molecule has 154 valence electrons. The summed E-state index contributed by atoms with van der Waals surface area (Å²) in [5.41, 5.74) is 2.70. The number of rotatable bonds is 7. The summed E-state index contributed by atoms with van der Waals surface area (Å²) in [4.78, 5) is 16.4. The van der Waals surface area contributed by atoms with Gasteiger partial charge in [0.1, 0.15) is 0 Å². The molecule has 0 aliphatic heterocycles. The molecule has 7 nitrogen and oxygen atoms in total. The Kier molecular flexibility index (Phi) is 6.94. The number of hydrogen-bond donors (Lipinski definition) is 3. The molecule has 0 saturated heterocycles. The molecule has 7 heteroatoms. The van der Waals surface area contributed by atoms with Crippen LogP contribution in [-0.2, 0) is 11.3 Å². The van der Waals surface area contributed by atoms with Crippen LogP contribution in [0.5, 0.6) is 11.5 Å². The van der Waals surface area contributed by atoms with Crippen molar-refractivity contribution in [2.24, 2.45) is 10.9 Å². The molecule has 0 atom stereocenters. The predicted molar refractivity (Wildman–Crippen MR) is 116 cm³/mol. The molecular formula is C22H28N4O3. The van der Waals surface area contributed by atoms with Gasteiger partial charge in [0.15, 0.2) is 17.5 Å². The Bertz CT molecular complexity index is 878. The summed E-state index contributed by atoms with van der Waals surface area (Å²) in [5.74, 6) is 2.22. The Balaban J connectivity index is 1.58. The molecule has 3 rings (SSSR count). The van der Waals surface area contributed by atoms with Gasteiger partial charge in [-0.1, -0.05) is 18.6 Å². The molecule has 3 N–H and O–H groups in total. The summed E-state index contributed by atoms with van der Waals surface area (Å²) < 4.78 is 10.6. The van der Waals surface area contributed by atoms with Crippen molar-refractivity contribution < 1.29 is 14.3 Å². The monoisotopic (exact) mass is 396 g/mol. The highest BCUT2D eigenvalue weighted by atomic mass is 16.5. The van der Waals surface area contributed by atoms with Gasteiger partial charge in [-0.25, -0.2) is 0 Å². The van der Waals surface area contributed by atoms with E-state index in [0.717, 1.165) is 36.2 Å². The highest BCUT2D eigenvalue weighted by Crippen LogP contribution is 2.30. The van der Waals surface area contributed by atoms with E-state index >= 15 is 0 Å². The number of aliphatic imine (C=N–C) groups is 1. The lowest BCUT2D eigenvalue weighted by molar-refractivity contribution is -0.122. The minimum atomic E-state index is 0.118. The van der Waals surface area contributed by atoms with E-state index in [2.05, 4.69) is 20.9 Å². The maximum Gasteiger partial charge on any atom is 0.227 e. The van der Waals surface area contributed by atoms with Gasteiger partial charge < -0.3 is 25.4 Å². The van der Waals surface area contributed by atoms with Gasteiger partial charge in [0.2, 0.25) is 5.91 Å². The lowest BCUT2D eigenvalue weighted by Crippen LogP contribution is -2.30. The first-order valence-corrected chi connectivity index (χ1v) is 9.72. The normalized spacial score (nSPS) is 14.0. The summed E-state index contributed by atoms with van der Waals surface area (Å²) in [7, 11) is 4.92. The van der Waals surface area contributed by atoms with E-state index in [1.807, 2.05) is 42.5 Å². The smallest absolute Gasteiger partial charge is 0.227 e. The number of benzene rings is 2. The zero-order valence-electron chi connectivity index (χ0n) is 17.1. The Morgan fingerprint density at radius 2 is 1.79 bits per heavy atom. The fraction of sp³-hybridized carbons (Fsp3) is 0.364. The lowest BCUT2D eigenvalue weighted by Gasteiger charge is -2.24. The van der Waals surface area contributed by atoms with E-state index < -0.39 is 0 Å². The van der Waals surface area contributed by atoms with Crippen LogP contribution in [-0.4, -0.2) is 33.1 Å². The Morgan fingerprint density at radius 3 is 2.45 bits per heavy atom. The summed E-state index contributed by atoms with van der Waals surface area (Å²) in [6.45, 7) is 0.570. The molecule has 2 aromatic carbocycles. The molecule has 1 saturated carbocycles. The first-order valence-electron chi connectivity index (χ1n) is 9.72. The van der Waals surface area contributed by atoms with Crippen molar-refractivity contribution >= 4 is 23.2 Å². The van der Waals surface area contributed by atoms with Gasteiger partial charge in [0.25, 0.3) is 0 Å². The van der Waals surface area contributed by atoms with E-state index in [1.54, 1.807) is 21.3 Å². The fourth-order valence-corrected chi connectivity index (χ4v) is 3.09. The maximum atomic E-state index is 12.1. The van der Waals surface area contributed by atoms with Crippen LogP contribution in [0.2, 0.25) is 0 Å². The molecule has 2 aromatic rings. The number of guanidine groups is 1. The molecule has 1 fully saturated rings. The van der Waals surface area contributed by atoms with E-state index in [1.165, 1.54) is 0 Å². The Morgan fingerprint density at radius 1 is 1.03 bits per heavy atom. The van der Waals surface area contributed by atoms with Crippen molar-refractivity contribution in [2.75, 3.05) is 31.9 Å². The van der Waals surface area contributed by atoms with E-state index in [-0.39, 0.29) is 11.8 Å². The number of nitrogens with zero attached hydrogens (tertiary/aromatic N) is 1. The SMILES string of the molecule is CN=C(NCc1cccc(NC(=O)C2CCC2)c1)Nc1ccc(OC)c(OC)c1. The third-order valence-electron chi connectivity index (χ3n) is 5.00. The number of methoxy groups -OCH3 is 2. The average molecular weight is 396 g/mol. The van der Waals surface area contributed by atoms with Gasteiger partial charge in [-0.05, 0) is 42.7 Å². The molecule has 0 bridgehead atoms. The second-order valence-corrected chi connectivity index (χ2v) is 6.94. The van der Waals surface area contributed by atoms with Crippen LogP contribution in [0, 0.1) is 5.92 Å². The third-order valence-corrected chi connectivity index (χ3v) is 5.00. The number of hydrogen-bond acceptors (Lipinski definition) is 4. The number of amides is 1. The molecule has 0 heterocycles. The van der Waals surface area contributed by atoms with Gasteiger partial charge in [0.05, 0.1) is 14.2 Å². The van der Waals surface area contributed by atoms with Crippen LogP contribution in [0.25, 0.3) is 0 Å². The van der Waals surface area contributed by atoms with Crippen LogP contribution in [0.15, 0.2) is 47.5 Å². The number of nitrogens with one attached hydrogen (secondary N) is 3. The van der Waals surface area contributed by atoms with E-state index in [9.17, 15) is 4.79 Å². The standard InChI is InChI=1S/C22H28N4O3/c1-23-22(26-18-10-11-19(28-2)20(13-18)29-3)24-14-15-6-4-9-17(12-15)25-21(27)16-7-5-8-16/h4,6,9-13,16H,5,7-8,14H2,1-3H3,(H,25,27)(H2,23,24,26). The quantitative estimate of drug-likeness (QED) is 0.492. The number of anilines is 2. The topological polar surface area (TPSA) is 84.0 Å². The van der Waals surface area contributed by atoms with Crippen LogP contribution < -0.4 is 25.4 Å². The maximum absolute atomic E-state index is 12.1. The average Bonchev–Trinajstić information content (AvgIpc) is 2.69. The third kappa shape index (κ3) is 5.40. The zero-order chi connectivity index (χ0) is 20.6. The molecule has 0 radical (unpaired) electrons. The van der Waals surface area contributed by atoms with Gasteiger partial charge in [-0.15, -0.1) is 0 Å². The number of carbonyl (C=O) groups excluding carboxylic acids is 1. The summed E-state index contributed by atoms with van der Waals surface area (Å²) in [6.07, 6.45) is 3.13. The molecule has 0 unspecified atom stereocenters. The van der Waals surface area contributed by atoms with Crippen LogP contribution in [0.4, 0.5) is 11.4 Å². The van der Waals surface area contributed by atoms with Crippen molar-refractivity contribution in [2.45, 2.75) is 25.8 Å². The van der Waals surface area contributed by atoms with Crippen LogP contribution in [0.3, 0.4) is 0 Å². The van der Waals surface area contributed by atoms with Crippen molar-refractivity contribution in [3.8, 4) is 11.5 Å². The van der Waals surface area contributed by atoms with Crippen LogP contribution >= 0.6 is 0 Å². The van der Waals surface area contributed by atoms with Crippen LogP contribution in [0.1, 0.15) is 24.8 Å². The highest BCUT2D eigenvalue weighted by Gasteiger charge is 2.25. The minimum absolute atomic E-state index is 0.118. The Hall–Kier alpha value is -3.22. The summed E-state index contributed by atoms with van der Waals surface area (Å²) in [5, 5.41) is 9.53. The van der Waals surface area contributed by atoms with Crippen molar-refractivity contribution in [1.82, 2.24) is 5.32 Å². The molecule has 1 aliphatic carbocycles. The largest absolute Gasteiger partial charge is 0.493 e. The predicted octanol–water partition coefficient (Wildman–Crippen LogP) is 3.63. The van der Waals surface area contributed by atoms with Crippen molar-refractivity contribution in [1.29, 1.82) is 0 Å². The molecule has 1 aliphatic rings. The first-order chi connectivity index (χ1) is 14.1. The second kappa shape index (κ2) is 9.82. The number of ether oxygens (including phenoxy) is 2. The van der Waals surface area contributed by atoms with Gasteiger partial charge in [-0.3, -0.25) is 9.79 Å². The van der Waals surface area contributed by atoms with Crippen molar-refractivity contribution in [3.63, 3.8) is 0 Å². The van der Waals surface area contributed by atoms with E-state index in [4.69, 9.17) is 9.47 Å². The summed E-state index contributed by atoms with van der Waals surface area (Å²) >= 11 is 0. The van der Waals surface area contributed by atoms with Gasteiger partial charge in [0, 0.05) is 37.0 Å². The van der Waals surface area contributed by atoms with Crippen molar-refractivity contribution in [3.05, 3.63) is 48.0 Å². The zero-order valence-corrected chi connectivity index (χ0v) is 17.1. The molecular weight excluding hydrogens is 368 g/mol. The lowest BCUT2D eigenvalue weighted by atomic mass is 9.85. The highest BCUT2D eigenvalue weighted by molar-refractivity contribution is 5.94. The molecule has 0 spiro atoms. The number of carbonyl (C=O) groups is 1. The van der Waals surface area contributed by atoms with E-state index in [0.29, 0.717) is 24.0 Å². The molecule has 29 heavy (non-hydrogen) atoms. The summed E-state index contributed by atoms with van der Waals surface area (Å²) in [6, 6.07) is 13.4. The second-order valence-electron chi connectivity index (χ2n) is 6.94. The Labute approximate surface area is 171 Å². The van der Waals surface area contributed by atoms with Gasteiger partial charge in [-0.2, -0.15) is 0 Å². The van der Waals surface area contributed by atoms with Gasteiger partial charge >= 0.3 is 0 Å². The first kappa shape index (κ1) is 20.5. The fourth-order valence-electron chi connectivity index (χ4n) is 3.09. The molecule has 0 aromatic heterocycles.